The third kappa shape index (κ3) is 3.15. The number of methoxy groups -OCH3 is 1. The van der Waals surface area contributed by atoms with Crippen molar-refractivity contribution in [2.75, 3.05) is 7.11 Å². The topological polar surface area (TPSA) is 44.8 Å². The van der Waals surface area contributed by atoms with Gasteiger partial charge in [0.05, 0.1) is 13.2 Å². The van der Waals surface area contributed by atoms with E-state index in [-0.39, 0.29) is 17.2 Å². The summed E-state index contributed by atoms with van der Waals surface area (Å²) >= 11 is 0. The molecule has 4 nitrogen and oxygen atoms in total. The van der Waals surface area contributed by atoms with Gasteiger partial charge in [-0.05, 0) is 36.7 Å². The summed E-state index contributed by atoms with van der Waals surface area (Å²) in [7, 11) is -0.193. The number of carbonyl (C=O) groups excluding carboxylic acids is 1. The molecule has 1 aromatic rings. The van der Waals surface area contributed by atoms with Crippen LogP contribution >= 0.6 is 0 Å². The number of benzene rings is 1. The Morgan fingerprint density at radius 2 is 2.00 bits per heavy atom. The molecule has 0 bridgehead atoms. The summed E-state index contributed by atoms with van der Waals surface area (Å²) in [5.41, 5.74) is 2.66. The van der Waals surface area contributed by atoms with E-state index in [2.05, 4.69) is 39.9 Å². The van der Waals surface area contributed by atoms with Gasteiger partial charge in [0.1, 0.15) is 6.10 Å². The van der Waals surface area contributed by atoms with Gasteiger partial charge in [-0.1, -0.05) is 26.8 Å². The quantitative estimate of drug-likeness (QED) is 0.569. The van der Waals surface area contributed by atoms with Crippen LogP contribution in [0.2, 0.25) is 18.1 Å². The highest BCUT2D eigenvalue weighted by atomic mass is 28.4. The minimum absolute atomic E-state index is 0.0616. The van der Waals surface area contributed by atoms with Gasteiger partial charge in [-0.2, -0.15) is 0 Å². The van der Waals surface area contributed by atoms with Crippen LogP contribution in [0.15, 0.2) is 18.2 Å². The number of rotatable bonds is 4. The minimum atomic E-state index is -1.82. The number of aldehydes is 1. The molecule has 2 atom stereocenters. The summed E-state index contributed by atoms with van der Waals surface area (Å²) in [5.74, 6) is 1.37. The van der Waals surface area contributed by atoms with Crippen LogP contribution in [0.1, 0.15) is 49.5 Å². The zero-order chi connectivity index (χ0) is 18.4. The lowest BCUT2D eigenvalue weighted by Gasteiger charge is -2.40. The molecule has 1 heterocycles. The van der Waals surface area contributed by atoms with E-state index < -0.39 is 8.32 Å². The average Bonchev–Trinajstić information content (AvgIpc) is 2.91. The molecule has 2 aliphatic rings. The first-order chi connectivity index (χ1) is 11.7. The molecule has 0 N–H and O–H groups in total. The molecule has 0 spiro atoms. The van der Waals surface area contributed by atoms with E-state index in [4.69, 9.17) is 13.9 Å². The van der Waals surface area contributed by atoms with E-state index in [0.29, 0.717) is 17.1 Å². The van der Waals surface area contributed by atoms with Gasteiger partial charge >= 0.3 is 0 Å². The lowest BCUT2D eigenvalue weighted by molar-refractivity contribution is 0.112. The van der Waals surface area contributed by atoms with Crippen molar-refractivity contribution < 1.29 is 18.7 Å². The van der Waals surface area contributed by atoms with E-state index in [1.165, 1.54) is 0 Å². The standard InChI is InChI=1S/C20H28O4Si/c1-20(2,3)25(5,6)24-14-8-9-15-17(11-14)23-19-16(22-4)10-7-13(12-21)18(15)19/h7,9-10,12,14,17H,8,11H2,1-6H3. The highest BCUT2D eigenvalue weighted by Gasteiger charge is 2.42. The maximum atomic E-state index is 11.5. The molecule has 0 aromatic heterocycles. The first-order valence-electron chi connectivity index (χ1n) is 8.89. The number of ether oxygens (including phenoxy) is 2. The molecular formula is C20H28O4Si. The van der Waals surface area contributed by atoms with E-state index in [9.17, 15) is 4.79 Å². The van der Waals surface area contributed by atoms with Gasteiger partial charge in [0.2, 0.25) is 0 Å². The van der Waals surface area contributed by atoms with Gasteiger partial charge < -0.3 is 13.9 Å². The molecule has 1 aliphatic heterocycles. The molecule has 1 aromatic carbocycles. The molecule has 136 valence electrons. The molecule has 0 saturated carbocycles. The highest BCUT2D eigenvalue weighted by Crippen LogP contribution is 2.49. The first kappa shape index (κ1) is 18.2. The Morgan fingerprint density at radius 3 is 2.60 bits per heavy atom. The van der Waals surface area contributed by atoms with Crippen molar-refractivity contribution in [3.05, 3.63) is 29.3 Å². The Labute approximate surface area is 151 Å². The molecule has 0 radical (unpaired) electrons. The van der Waals surface area contributed by atoms with Gasteiger partial charge in [0, 0.05) is 23.1 Å². The zero-order valence-electron chi connectivity index (χ0n) is 16.0. The van der Waals surface area contributed by atoms with Crippen molar-refractivity contribution >= 4 is 20.2 Å². The van der Waals surface area contributed by atoms with Crippen LogP contribution in [0.5, 0.6) is 11.5 Å². The fourth-order valence-corrected chi connectivity index (χ4v) is 4.69. The van der Waals surface area contributed by atoms with Gasteiger partial charge in [-0.25, -0.2) is 0 Å². The molecule has 0 amide bonds. The molecule has 0 saturated heterocycles. The smallest absolute Gasteiger partial charge is 0.192 e. The Balaban J connectivity index is 1.87. The van der Waals surface area contributed by atoms with Gasteiger partial charge in [-0.3, -0.25) is 4.79 Å². The van der Waals surface area contributed by atoms with E-state index in [0.717, 1.165) is 30.3 Å². The maximum Gasteiger partial charge on any atom is 0.192 e. The van der Waals surface area contributed by atoms with Crippen molar-refractivity contribution in [2.45, 2.75) is 64.0 Å². The molecule has 3 rings (SSSR count). The average molecular weight is 361 g/mol. The molecule has 0 fully saturated rings. The number of hydrogen-bond acceptors (Lipinski definition) is 4. The zero-order valence-corrected chi connectivity index (χ0v) is 17.0. The number of carbonyl (C=O) groups is 1. The van der Waals surface area contributed by atoms with Crippen molar-refractivity contribution in [2.24, 2.45) is 0 Å². The van der Waals surface area contributed by atoms with Crippen molar-refractivity contribution in [3.8, 4) is 11.5 Å². The molecule has 5 heteroatoms. The minimum Gasteiger partial charge on any atom is -0.493 e. The first-order valence-corrected chi connectivity index (χ1v) is 11.8. The van der Waals surface area contributed by atoms with Crippen molar-refractivity contribution in [1.82, 2.24) is 0 Å². The van der Waals surface area contributed by atoms with Gasteiger partial charge in [-0.15, -0.1) is 0 Å². The second-order valence-corrected chi connectivity index (χ2v) is 13.2. The molecule has 25 heavy (non-hydrogen) atoms. The summed E-state index contributed by atoms with van der Waals surface area (Å²) in [4.78, 5) is 11.5. The normalized spacial score (nSPS) is 22.6. The van der Waals surface area contributed by atoms with Crippen LogP contribution in [0.3, 0.4) is 0 Å². The van der Waals surface area contributed by atoms with Crippen LogP contribution < -0.4 is 9.47 Å². The molecule has 2 unspecified atom stereocenters. The van der Waals surface area contributed by atoms with Crippen LogP contribution in [0.4, 0.5) is 0 Å². The van der Waals surface area contributed by atoms with Gasteiger partial charge in [0.15, 0.2) is 26.1 Å². The van der Waals surface area contributed by atoms with Crippen LogP contribution in [-0.2, 0) is 4.43 Å². The second-order valence-electron chi connectivity index (χ2n) is 8.42. The van der Waals surface area contributed by atoms with Crippen molar-refractivity contribution in [1.29, 1.82) is 0 Å². The predicted octanol–water partition coefficient (Wildman–Crippen LogP) is 4.84. The monoisotopic (exact) mass is 360 g/mol. The van der Waals surface area contributed by atoms with E-state index in [1.54, 1.807) is 19.2 Å². The van der Waals surface area contributed by atoms with Crippen molar-refractivity contribution in [3.63, 3.8) is 0 Å². The fraction of sp³-hybridized carbons (Fsp3) is 0.550. The summed E-state index contributed by atoms with van der Waals surface area (Å²) in [6, 6.07) is 3.60. The summed E-state index contributed by atoms with van der Waals surface area (Å²) in [5, 5.41) is 0.185. The third-order valence-corrected chi connectivity index (χ3v) is 10.3. The number of hydrogen-bond donors (Lipinski definition) is 0. The Hall–Kier alpha value is -1.59. The second kappa shape index (κ2) is 6.29. The lowest BCUT2D eigenvalue weighted by atomic mass is 9.89. The van der Waals surface area contributed by atoms with Gasteiger partial charge in [0.25, 0.3) is 0 Å². The summed E-state index contributed by atoms with van der Waals surface area (Å²) < 4.78 is 18.2. The predicted molar refractivity (Wildman–Crippen MR) is 102 cm³/mol. The highest BCUT2D eigenvalue weighted by molar-refractivity contribution is 6.74. The Kier molecular flexibility index (Phi) is 4.58. The van der Waals surface area contributed by atoms with E-state index >= 15 is 0 Å². The lowest BCUT2D eigenvalue weighted by Crippen LogP contribution is -2.45. The molecular weight excluding hydrogens is 332 g/mol. The fourth-order valence-electron chi connectivity index (χ4n) is 3.31. The number of fused-ring (bicyclic) bond motifs is 3. The SMILES string of the molecule is COc1ccc(C=O)c2c1OC1CC(O[Si](C)(C)C(C)(C)C)CC=C21. The summed E-state index contributed by atoms with van der Waals surface area (Å²) in [6.07, 6.45) is 4.85. The third-order valence-electron chi connectivity index (χ3n) is 5.74. The van der Waals surface area contributed by atoms with Crippen LogP contribution in [0.25, 0.3) is 5.57 Å². The Morgan fingerprint density at radius 1 is 1.28 bits per heavy atom. The largest absolute Gasteiger partial charge is 0.493 e. The van der Waals surface area contributed by atoms with E-state index in [1.807, 2.05) is 0 Å². The van der Waals surface area contributed by atoms with Crippen LogP contribution in [-0.4, -0.2) is 33.9 Å². The maximum absolute atomic E-state index is 11.5. The Bertz CT molecular complexity index is 715. The molecule has 1 aliphatic carbocycles. The summed E-state index contributed by atoms with van der Waals surface area (Å²) in [6.45, 7) is 11.3. The van der Waals surface area contributed by atoms with Crippen LogP contribution in [0, 0.1) is 0 Å².